The zero-order chi connectivity index (χ0) is 12.0. The van der Waals surface area contributed by atoms with Gasteiger partial charge in [0.25, 0.3) is 0 Å². The summed E-state index contributed by atoms with van der Waals surface area (Å²) >= 11 is 3.06. The molecule has 0 aliphatic heterocycles. The third-order valence-electron chi connectivity index (χ3n) is 1.97. The van der Waals surface area contributed by atoms with Crippen molar-refractivity contribution >= 4 is 34.1 Å². The van der Waals surface area contributed by atoms with E-state index in [1.165, 1.54) is 11.3 Å². The molecule has 1 aromatic rings. The molecular weight excluding hydrogens is 244 g/mol. The summed E-state index contributed by atoms with van der Waals surface area (Å²) in [4.78, 5) is 11.6. The Labute approximate surface area is 103 Å². The van der Waals surface area contributed by atoms with Gasteiger partial charge in [0.05, 0.1) is 6.04 Å². The molecule has 0 aliphatic rings. The number of aryl methyl sites for hydroxylation is 1. The lowest BCUT2D eigenvalue weighted by molar-refractivity contribution is -0.117. The van der Waals surface area contributed by atoms with Gasteiger partial charge in [0.1, 0.15) is 5.01 Å². The van der Waals surface area contributed by atoms with E-state index in [4.69, 9.17) is 5.73 Å². The van der Waals surface area contributed by atoms with Gasteiger partial charge in [-0.05, 0) is 24.9 Å². The summed E-state index contributed by atoms with van der Waals surface area (Å²) in [7, 11) is 0. The van der Waals surface area contributed by atoms with Crippen molar-refractivity contribution in [3.05, 3.63) is 5.01 Å². The highest BCUT2D eigenvalue weighted by atomic mass is 32.2. The molecule has 5 nitrogen and oxygen atoms in total. The summed E-state index contributed by atoms with van der Waals surface area (Å²) < 4.78 is 0. The third kappa shape index (κ3) is 4.07. The molecule has 1 amide bonds. The van der Waals surface area contributed by atoms with E-state index in [1.54, 1.807) is 11.8 Å². The van der Waals surface area contributed by atoms with Crippen LogP contribution in [0.4, 0.5) is 5.13 Å². The van der Waals surface area contributed by atoms with Crippen LogP contribution in [0.5, 0.6) is 0 Å². The number of rotatable bonds is 6. The average molecular weight is 260 g/mol. The molecule has 3 N–H and O–H groups in total. The number of anilines is 1. The van der Waals surface area contributed by atoms with Gasteiger partial charge in [-0.1, -0.05) is 18.3 Å². The molecule has 0 bridgehead atoms. The second kappa shape index (κ2) is 6.82. The predicted molar refractivity (Wildman–Crippen MR) is 68.9 cm³/mol. The Morgan fingerprint density at radius 1 is 1.62 bits per heavy atom. The van der Waals surface area contributed by atoms with Crippen LogP contribution in [-0.2, 0) is 11.2 Å². The molecule has 0 saturated carbocycles. The van der Waals surface area contributed by atoms with Crippen molar-refractivity contribution < 1.29 is 4.79 Å². The van der Waals surface area contributed by atoms with Crippen molar-refractivity contribution in [1.82, 2.24) is 10.2 Å². The maximum absolute atomic E-state index is 11.6. The summed E-state index contributed by atoms with van der Waals surface area (Å²) in [6.45, 7) is 2.00. The van der Waals surface area contributed by atoms with E-state index in [9.17, 15) is 4.79 Å². The molecule has 0 fully saturated rings. The normalized spacial score (nSPS) is 12.4. The maximum atomic E-state index is 11.6. The second-order valence-corrected chi connectivity index (χ2v) is 5.28. The molecule has 90 valence electrons. The van der Waals surface area contributed by atoms with Crippen LogP contribution in [0.1, 0.15) is 18.4 Å². The van der Waals surface area contributed by atoms with E-state index in [0.717, 1.165) is 17.2 Å². The number of nitrogens with zero attached hydrogens (tertiary/aromatic N) is 2. The number of amides is 1. The Morgan fingerprint density at radius 3 is 2.94 bits per heavy atom. The molecule has 0 radical (unpaired) electrons. The fraction of sp³-hybridized carbons (Fsp3) is 0.667. The lowest BCUT2D eigenvalue weighted by Gasteiger charge is -2.08. The molecule has 0 aliphatic carbocycles. The SMILES string of the molecule is CCc1nnc(NC(=O)[C@H](N)CCSC)s1. The second-order valence-electron chi connectivity index (χ2n) is 3.23. The zero-order valence-electron chi connectivity index (χ0n) is 9.40. The predicted octanol–water partition coefficient (Wildman–Crippen LogP) is 1.12. The first kappa shape index (κ1) is 13.4. The van der Waals surface area contributed by atoms with Crippen LogP contribution in [0, 0.1) is 0 Å². The molecular formula is C9H16N4OS2. The minimum atomic E-state index is -0.471. The lowest BCUT2D eigenvalue weighted by Crippen LogP contribution is -2.36. The quantitative estimate of drug-likeness (QED) is 0.801. The van der Waals surface area contributed by atoms with Gasteiger partial charge in [0.2, 0.25) is 11.0 Å². The number of thioether (sulfide) groups is 1. The van der Waals surface area contributed by atoms with Crippen LogP contribution in [0.3, 0.4) is 0 Å². The van der Waals surface area contributed by atoms with Gasteiger partial charge >= 0.3 is 0 Å². The first-order chi connectivity index (χ1) is 7.67. The number of hydrogen-bond acceptors (Lipinski definition) is 6. The van der Waals surface area contributed by atoms with Crippen molar-refractivity contribution in [1.29, 1.82) is 0 Å². The average Bonchev–Trinajstić information content (AvgIpc) is 2.73. The minimum absolute atomic E-state index is 0.187. The molecule has 7 heteroatoms. The number of carbonyl (C=O) groups excluding carboxylic acids is 1. The largest absolute Gasteiger partial charge is 0.320 e. The number of hydrogen-bond donors (Lipinski definition) is 2. The van der Waals surface area contributed by atoms with Crippen LogP contribution in [0.2, 0.25) is 0 Å². The van der Waals surface area contributed by atoms with Crippen molar-refractivity contribution in [3.8, 4) is 0 Å². The maximum Gasteiger partial charge on any atom is 0.243 e. The van der Waals surface area contributed by atoms with Crippen LogP contribution in [0.25, 0.3) is 0 Å². The van der Waals surface area contributed by atoms with Gasteiger partial charge < -0.3 is 5.73 Å². The standard InChI is InChI=1S/C9H16N4OS2/c1-3-7-12-13-9(16-7)11-8(14)6(10)4-5-15-2/h6H,3-5,10H2,1-2H3,(H,11,13,14)/t6-/m1/s1. The number of aromatic nitrogens is 2. The van der Waals surface area contributed by atoms with Crippen LogP contribution >= 0.6 is 23.1 Å². The first-order valence-corrected chi connectivity index (χ1v) is 7.26. The van der Waals surface area contributed by atoms with Gasteiger partial charge in [-0.3, -0.25) is 10.1 Å². The van der Waals surface area contributed by atoms with Crippen molar-refractivity contribution in [2.45, 2.75) is 25.8 Å². The summed E-state index contributed by atoms with van der Waals surface area (Å²) in [5.41, 5.74) is 5.72. The third-order valence-corrected chi connectivity index (χ3v) is 3.60. The number of nitrogens with one attached hydrogen (secondary N) is 1. The zero-order valence-corrected chi connectivity index (χ0v) is 11.0. The highest BCUT2D eigenvalue weighted by Gasteiger charge is 2.14. The minimum Gasteiger partial charge on any atom is -0.320 e. The van der Waals surface area contributed by atoms with Crippen molar-refractivity contribution in [3.63, 3.8) is 0 Å². The molecule has 1 atom stereocenters. The fourth-order valence-electron chi connectivity index (χ4n) is 1.02. The Balaban J connectivity index is 2.44. The topological polar surface area (TPSA) is 80.9 Å². The van der Waals surface area contributed by atoms with E-state index < -0.39 is 6.04 Å². The van der Waals surface area contributed by atoms with Crippen molar-refractivity contribution in [2.24, 2.45) is 5.73 Å². The van der Waals surface area contributed by atoms with E-state index in [1.807, 2.05) is 13.2 Å². The molecule has 1 aromatic heterocycles. The van der Waals surface area contributed by atoms with Crippen LogP contribution in [-0.4, -0.2) is 34.2 Å². The molecule has 0 spiro atoms. The first-order valence-electron chi connectivity index (χ1n) is 5.05. The molecule has 1 heterocycles. The number of carbonyl (C=O) groups is 1. The molecule has 16 heavy (non-hydrogen) atoms. The molecule has 0 aromatic carbocycles. The highest BCUT2D eigenvalue weighted by molar-refractivity contribution is 7.98. The summed E-state index contributed by atoms with van der Waals surface area (Å²) in [6, 6.07) is -0.471. The van der Waals surface area contributed by atoms with E-state index >= 15 is 0 Å². The fourth-order valence-corrected chi connectivity index (χ4v) is 2.19. The van der Waals surface area contributed by atoms with Gasteiger partial charge in [-0.25, -0.2) is 0 Å². The Hall–Kier alpha value is -0.660. The van der Waals surface area contributed by atoms with E-state index in [0.29, 0.717) is 11.6 Å². The van der Waals surface area contributed by atoms with E-state index in [-0.39, 0.29) is 5.91 Å². The van der Waals surface area contributed by atoms with Gasteiger partial charge in [-0.15, -0.1) is 10.2 Å². The summed E-state index contributed by atoms with van der Waals surface area (Å²) in [6.07, 6.45) is 3.49. The van der Waals surface area contributed by atoms with Crippen LogP contribution in [0.15, 0.2) is 0 Å². The van der Waals surface area contributed by atoms with Gasteiger partial charge in [0, 0.05) is 0 Å². The number of nitrogens with two attached hydrogens (primary N) is 1. The Kier molecular flexibility index (Phi) is 5.72. The molecule has 1 rings (SSSR count). The Morgan fingerprint density at radius 2 is 2.38 bits per heavy atom. The summed E-state index contributed by atoms with van der Waals surface area (Å²) in [5.74, 6) is 0.693. The van der Waals surface area contributed by atoms with Gasteiger partial charge in [0.15, 0.2) is 0 Å². The monoisotopic (exact) mass is 260 g/mol. The highest BCUT2D eigenvalue weighted by Crippen LogP contribution is 2.15. The Bertz CT molecular complexity index is 342. The smallest absolute Gasteiger partial charge is 0.243 e. The van der Waals surface area contributed by atoms with Crippen LogP contribution < -0.4 is 11.1 Å². The molecule has 0 unspecified atom stereocenters. The molecule has 0 saturated heterocycles. The van der Waals surface area contributed by atoms with E-state index in [2.05, 4.69) is 15.5 Å². The van der Waals surface area contributed by atoms with Crippen molar-refractivity contribution in [2.75, 3.05) is 17.3 Å². The summed E-state index contributed by atoms with van der Waals surface area (Å²) in [5, 5.41) is 11.9. The van der Waals surface area contributed by atoms with Gasteiger partial charge in [-0.2, -0.15) is 11.8 Å². The lowest BCUT2D eigenvalue weighted by atomic mass is 10.2.